The molecule has 0 aromatic heterocycles. The molecule has 4 nitrogen and oxygen atoms in total. The molecule has 3 unspecified atom stereocenters. The molecular formula is C16H24FN3O. The third kappa shape index (κ3) is 4.17. The van der Waals surface area contributed by atoms with Crippen molar-refractivity contribution >= 4 is 5.84 Å². The summed E-state index contributed by atoms with van der Waals surface area (Å²) in [6.45, 7) is 5.15. The molecule has 3 atom stereocenters. The van der Waals surface area contributed by atoms with Gasteiger partial charge in [-0.2, -0.15) is 0 Å². The fraction of sp³-hybridized carbons (Fsp3) is 0.562. The SMILES string of the molecule is CC1CCC(NCc2cc(F)cc(/C(N)=N/O)c2)C(C)C1. The summed E-state index contributed by atoms with van der Waals surface area (Å²) in [7, 11) is 0. The lowest BCUT2D eigenvalue weighted by atomic mass is 9.80. The third-order valence-electron chi connectivity index (χ3n) is 4.36. The Kier molecular flexibility index (Phi) is 5.17. The van der Waals surface area contributed by atoms with Crippen molar-refractivity contribution in [3.8, 4) is 0 Å². The topological polar surface area (TPSA) is 70.6 Å². The Morgan fingerprint density at radius 2 is 2.14 bits per heavy atom. The van der Waals surface area contributed by atoms with Crippen molar-refractivity contribution in [3.05, 3.63) is 35.1 Å². The van der Waals surface area contributed by atoms with Gasteiger partial charge in [0.05, 0.1) is 0 Å². The van der Waals surface area contributed by atoms with E-state index in [-0.39, 0.29) is 11.7 Å². The fourth-order valence-electron chi connectivity index (χ4n) is 3.18. The van der Waals surface area contributed by atoms with Crippen LogP contribution in [0.5, 0.6) is 0 Å². The number of nitrogens with two attached hydrogens (primary N) is 1. The number of halogens is 1. The van der Waals surface area contributed by atoms with Crippen LogP contribution in [-0.4, -0.2) is 17.1 Å². The van der Waals surface area contributed by atoms with Crippen LogP contribution < -0.4 is 11.1 Å². The van der Waals surface area contributed by atoms with Gasteiger partial charge in [-0.3, -0.25) is 0 Å². The summed E-state index contributed by atoms with van der Waals surface area (Å²) >= 11 is 0. The summed E-state index contributed by atoms with van der Waals surface area (Å²) in [4.78, 5) is 0. The number of nitrogens with zero attached hydrogens (tertiary/aromatic N) is 1. The lowest BCUT2D eigenvalue weighted by Crippen LogP contribution is -2.38. The Morgan fingerprint density at radius 3 is 2.81 bits per heavy atom. The summed E-state index contributed by atoms with van der Waals surface area (Å²) in [5.74, 6) is 0.974. The normalized spacial score (nSPS) is 26.8. The van der Waals surface area contributed by atoms with E-state index in [2.05, 4.69) is 24.3 Å². The molecule has 5 heteroatoms. The van der Waals surface area contributed by atoms with Crippen molar-refractivity contribution in [2.75, 3.05) is 0 Å². The quantitative estimate of drug-likeness (QED) is 0.346. The van der Waals surface area contributed by atoms with E-state index in [1.807, 2.05) is 0 Å². The zero-order valence-corrected chi connectivity index (χ0v) is 12.6. The van der Waals surface area contributed by atoms with E-state index in [9.17, 15) is 4.39 Å². The predicted octanol–water partition coefficient (Wildman–Crippen LogP) is 2.83. The van der Waals surface area contributed by atoms with Crippen molar-refractivity contribution in [1.82, 2.24) is 5.32 Å². The Balaban J connectivity index is 2.01. The molecule has 0 amide bonds. The molecule has 0 spiro atoms. The average Bonchev–Trinajstić information content (AvgIpc) is 2.45. The van der Waals surface area contributed by atoms with E-state index in [1.54, 1.807) is 6.07 Å². The van der Waals surface area contributed by atoms with Crippen LogP contribution in [0.1, 0.15) is 44.2 Å². The summed E-state index contributed by atoms with van der Waals surface area (Å²) in [5, 5.41) is 15.1. The fourth-order valence-corrected chi connectivity index (χ4v) is 3.18. The van der Waals surface area contributed by atoms with Crippen molar-refractivity contribution < 1.29 is 9.60 Å². The molecule has 1 fully saturated rings. The Hall–Kier alpha value is -1.62. The molecular weight excluding hydrogens is 269 g/mol. The second-order valence-electron chi connectivity index (χ2n) is 6.22. The number of hydrogen-bond donors (Lipinski definition) is 3. The van der Waals surface area contributed by atoms with E-state index in [4.69, 9.17) is 10.9 Å². The van der Waals surface area contributed by atoms with E-state index in [1.165, 1.54) is 25.0 Å². The van der Waals surface area contributed by atoms with E-state index >= 15 is 0 Å². The highest BCUT2D eigenvalue weighted by Gasteiger charge is 2.24. The molecule has 0 bridgehead atoms. The van der Waals surface area contributed by atoms with Gasteiger partial charge in [0, 0.05) is 18.2 Å². The first kappa shape index (κ1) is 15.8. The van der Waals surface area contributed by atoms with Crippen LogP contribution in [0.3, 0.4) is 0 Å². The zero-order chi connectivity index (χ0) is 15.4. The van der Waals surface area contributed by atoms with Gasteiger partial charge >= 0.3 is 0 Å². The highest BCUT2D eigenvalue weighted by molar-refractivity contribution is 5.97. The van der Waals surface area contributed by atoms with Crippen LogP contribution >= 0.6 is 0 Å². The number of benzene rings is 1. The van der Waals surface area contributed by atoms with E-state index in [0.717, 1.165) is 17.9 Å². The first-order chi connectivity index (χ1) is 9.99. The van der Waals surface area contributed by atoms with Crippen LogP contribution in [-0.2, 0) is 6.54 Å². The van der Waals surface area contributed by atoms with Crippen LogP contribution in [0, 0.1) is 17.7 Å². The van der Waals surface area contributed by atoms with Gasteiger partial charge in [-0.05, 0) is 54.9 Å². The maximum Gasteiger partial charge on any atom is 0.170 e. The molecule has 0 heterocycles. The molecule has 1 aromatic carbocycles. The molecule has 0 aliphatic heterocycles. The largest absolute Gasteiger partial charge is 0.409 e. The van der Waals surface area contributed by atoms with E-state index < -0.39 is 0 Å². The highest BCUT2D eigenvalue weighted by atomic mass is 19.1. The second-order valence-corrected chi connectivity index (χ2v) is 6.22. The first-order valence-corrected chi connectivity index (χ1v) is 7.50. The molecule has 0 radical (unpaired) electrons. The molecule has 1 aliphatic rings. The van der Waals surface area contributed by atoms with Crippen molar-refractivity contribution in [3.63, 3.8) is 0 Å². The Bertz CT molecular complexity index is 518. The van der Waals surface area contributed by atoms with Gasteiger partial charge in [0.15, 0.2) is 5.84 Å². The first-order valence-electron chi connectivity index (χ1n) is 7.50. The summed E-state index contributed by atoms with van der Waals surface area (Å²) in [5.41, 5.74) is 6.73. The van der Waals surface area contributed by atoms with Gasteiger partial charge in [0.2, 0.25) is 0 Å². The molecule has 1 saturated carbocycles. The number of rotatable bonds is 4. The molecule has 116 valence electrons. The molecule has 21 heavy (non-hydrogen) atoms. The smallest absolute Gasteiger partial charge is 0.170 e. The van der Waals surface area contributed by atoms with E-state index in [0.29, 0.717) is 24.1 Å². The Morgan fingerprint density at radius 1 is 1.38 bits per heavy atom. The molecule has 1 aromatic rings. The van der Waals surface area contributed by atoms with Gasteiger partial charge in [-0.25, -0.2) is 4.39 Å². The van der Waals surface area contributed by atoms with Crippen molar-refractivity contribution in [2.45, 2.75) is 45.7 Å². The number of hydrogen-bond acceptors (Lipinski definition) is 3. The minimum Gasteiger partial charge on any atom is -0.409 e. The van der Waals surface area contributed by atoms with Gasteiger partial charge in [0.1, 0.15) is 5.82 Å². The van der Waals surface area contributed by atoms with Gasteiger partial charge in [0.25, 0.3) is 0 Å². The minimum atomic E-state index is -0.374. The maximum absolute atomic E-state index is 13.6. The lowest BCUT2D eigenvalue weighted by Gasteiger charge is -2.33. The Labute approximate surface area is 125 Å². The molecule has 1 aliphatic carbocycles. The van der Waals surface area contributed by atoms with Crippen molar-refractivity contribution in [2.24, 2.45) is 22.7 Å². The monoisotopic (exact) mass is 293 g/mol. The molecule has 2 rings (SSSR count). The summed E-state index contributed by atoms with van der Waals surface area (Å²) in [6.07, 6.45) is 3.63. The van der Waals surface area contributed by atoms with Gasteiger partial charge in [-0.15, -0.1) is 0 Å². The lowest BCUT2D eigenvalue weighted by molar-refractivity contribution is 0.227. The summed E-state index contributed by atoms with van der Waals surface area (Å²) in [6, 6.07) is 4.97. The maximum atomic E-state index is 13.6. The number of oxime groups is 1. The zero-order valence-electron chi connectivity index (χ0n) is 12.6. The predicted molar refractivity (Wildman–Crippen MR) is 81.7 cm³/mol. The van der Waals surface area contributed by atoms with Crippen molar-refractivity contribution in [1.29, 1.82) is 0 Å². The van der Waals surface area contributed by atoms with Gasteiger partial charge in [-0.1, -0.05) is 19.0 Å². The average molecular weight is 293 g/mol. The summed E-state index contributed by atoms with van der Waals surface area (Å²) < 4.78 is 13.6. The standard InChI is InChI=1S/C16H24FN3O/c1-10-3-4-15(11(2)5-10)19-9-12-6-13(16(18)20-21)8-14(17)7-12/h6-8,10-11,15,19,21H,3-5,9H2,1-2H3,(H2,18,20). The van der Waals surface area contributed by atoms with Crippen LogP contribution in [0.4, 0.5) is 4.39 Å². The van der Waals surface area contributed by atoms with Crippen LogP contribution in [0.25, 0.3) is 0 Å². The highest BCUT2D eigenvalue weighted by Crippen LogP contribution is 2.28. The molecule has 0 saturated heterocycles. The third-order valence-corrected chi connectivity index (χ3v) is 4.36. The molecule has 4 N–H and O–H groups in total. The number of nitrogens with one attached hydrogen (secondary N) is 1. The van der Waals surface area contributed by atoms with Crippen LogP contribution in [0.2, 0.25) is 0 Å². The van der Waals surface area contributed by atoms with Crippen LogP contribution in [0.15, 0.2) is 23.4 Å². The second kappa shape index (κ2) is 6.89. The van der Waals surface area contributed by atoms with Gasteiger partial charge < -0.3 is 16.3 Å². The number of amidine groups is 1. The minimum absolute atomic E-state index is 0.0735.